The van der Waals surface area contributed by atoms with Crippen LogP contribution in [0.25, 0.3) is 6.08 Å². The molecule has 6 atom stereocenters. The third-order valence-electron chi connectivity index (χ3n) is 9.38. The number of benzene rings is 1. The summed E-state index contributed by atoms with van der Waals surface area (Å²) in [6, 6.07) is 11.0. The summed E-state index contributed by atoms with van der Waals surface area (Å²) in [5.41, 5.74) is 4.40. The maximum absolute atomic E-state index is 2.70. The third kappa shape index (κ3) is 2.62. The Hall–Kier alpha value is -1.04. The van der Waals surface area contributed by atoms with Gasteiger partial charge < -0.3 is 0 Å². The molecule has 4 aliphatic rings. The summed E-state index contributed by atoms with van der Waals surface area (Å²) in [5.74, 6) is 4.03. The van der Waals surface area contributed by atoms with E-state index in [9.17, 15) is 0 Å². The molecular formula is C26H36. The van der Waals surface area contributed by atoms with E-state index >= 15 is 0 Å². The summed E-state index contributed by atoms with van der Waals surface area (Å²) in [6.45, 7) is 5.33. The van der Waals surface area contributed by atoms with Crippen molar-refractivity contribution in [3.63, 3.8) is 0 Å². The molecule has 4 saturated carbocycles. The molecule has 140 valence electrons. The van der Waals surface area contributed by atoms with Crippen LogP contribution in [0.3, 0.4) is 0 Å². The molecule has 26 heavy (non-hydrogen) atoms. The summed E-state index contributed by atoms with van der Waals surface area (Å²) < 4.78 is 0. The first-order valence-corrected chi connectivity index (χ1v) is 11.3. The molecule has 0 spiro atoms. The van der Waals surface area contributed by atoms with Crippen molar-refractivity contribution < 1.29 is 0 Å². The molecule has 4 aliphatic carbocycles. The van der Waals surface area contributed by atoms with Crippen molar-refractivity contribution in [2.24, 2.45) is 34.5 Å². The zero-order chi connectivity index (χ0) is 17.8. The monoisotopic (exact) mass is 348 g/mol. The van der Waals surface area contributed by atoms with Gasteiger partial charge in [0.1, 0.15) is 0 Å². The Bertz CT molecular complexity index is 685. The van der Waals surface area contributed by atoms with Crippen LogP contribution in [0.15, 0.2) is 35.9 Å². The molecule has 5 rings (SSSR count). The molecule has 0 aliphatic heterocycles. The normalized spacial score (nSPS) is 46.5. The van der Waals surface area contributed by atoms with Crippen LogP contribution in [0, 0.1) is 34.5 Å². The Balaban J connectivity index is 1.42. The Kier molecular flexibility index (Phi) is 4.11. The number of hydrogen-bond acceptors (Lipinski definition) is 0. The molecule has 0 heterocycles. The van der Waals surface area contributed by atoms with E-state index in [2.05, 4.69) is 50.3 Å². The first kappa shape index (κ1) is 17.1. The number of rotatable bonds is 1. The summed E-state index contributed by atoms with van der Waals surface area (Å²) in [4.78, 5) is 0. The van der Waals surface area contributed by atoms with Crippen LogP contribution in [0.4, 0.5) is 0 Å². The minimum Gasteiger partial charge on any atom is -0.0688 e. The predicted molar refractivity (Wildman–Crippen MR) is 111 cm³/mol. The fourth-order valence-corrected chi connectivity index (χ4v) is 8.07. The summed E-state index contributed by atoms with van der Waals surface area (Å²) >= 11 is 0. The zero-order valence-electron chi connectivity index (χ0n) is 16.8. The second kappa shape index (κ2) is 6.25. The molecule has 0 aromatic heterocycles. The molecule has 1 aromatic carbocycles. The van der Waals surface area contributed by atoms with Crippen molar-refractivity contribution in [2.45, 2.75) is 78.1 Å². The molecule has 0 unspecified atom stereocenters. The van der Waals surface area contributed by atoms with Gasteiger partial charge in [-0.15, -0.1) is 0 Å². The standard InChI is InChI=1S/C26H36/c1-25-15-13-23-22(12-11-21-10-6-7-14-26(21,23)2)24(25)17-20(18-25)16-19-8-4-3-5-9-19/h3-5,8-9,16,21-24H,6-7,10-15,17-18H2,1-2H3/b20-16+/t21-,22-,23+,24+,25-,26+/m1/s1. The van der Waals surface area contributed by atoms with Gasteiger partial charge in [0.25, 0.3) is 0 Å². The minimum absolute atomic E-state index is 0.583. The number of hydrogen-bond donors (Lipinski definition) is 0. The van der Waals surface area contributed by atoms with E-state index in [0.717, 1.165) is 23.7 Å². The molecule has 1 aromatic rings. The van der Waals surface area contributed by atoms with Crippen LogP contribution in [0.5, 0.6) is 0 Å². The summed E-state index contributed by atoms with van der Waals surface area (Å²) in [5, 5.41) is 0. The van der Waals surface area contributed by atoms with Gasteiger partial charge in [0.05, 0.1) is 0 Å². The van der Waals surface area contributed by atoms with Gasteiger partial charge in [0, 0.05) is 0 Å². The van der Waals surface area contributed by atoms with Gasteiger partial charge in [-0.3, -0.25) is 0 Å². The van der Waals surface area contributed by atoms with E-state index in [-0.39, 0.29) is 0 Å². The lowest BCUT2D eigenvalue weighted by molar-refractivity contribution is -0.103. The fourth-order valence-electron chi connectivity index (χ4n) is 8.07. The quantitative estimate of drug-likeness (QED) is 0.493. The highest BCUT2D eigenvalue weighted by Gasteiger charge is 2.57. The Morgan fingerprint density at radius 3 is 2.58 bits per heavy atom. The number of allylic oxidation sites excluding steroid dienone is 1. The van der Waals surface area contributed by atoms with Crippen molar-refractivity contribution in [3.05, 3.63) is 41.5 Å². The van der Waals surface area contributed by atoms with E-state index in [1.807, 2.05) is 0 Å². The molecule has 0 heteroatoms. The SMILES string of the molecule is C[C@]12CC[C@H]3[C@@H](CC[C@H]4CCCC[C@@]43C)[C@@H]1C/C(=C\c1ccccc1)C2. The Morgan fingerprint density at radius 2 is 1.73 bits per heavy atom. The van der Waals surface area contributed by atoms with E-state index in [1.165, 1.54) is 69.8 Å². The van der Waals surface area contributed by atoms with Crippen LogP contribution < -0.4 is 0 Å². The fraction of sp³-hybridized carbons (Fsp3) is 0.692. The van der Waals surface area contributed by atoms with Gasteiger partial charge in [-0.1, -0.05) is 68.7 Å². The molecular weight excluding hydrogens is 312 g/mol. The average molecular weight is 349 g/mol. The Morgan fingerprint density at radius 1 is 0.885 bits per heavy atom. The highest BCUT2D eigenvalue weighted by molar-refractivity contribution is 5.54. The average Bonchev–Trinajstić information content (AvgIpc) is 2.98. The largest absolute Gasteiger partial charge is 0.0688 e. The molecule has 0 saturated heterocycles. The molecule has 0 bridgehead atoms. The lowest BCUT2D eigenvalue weighted by atomic mass is 9.45. The second-order valence-electron chi connectivity index (χ2n) is 10.7. The minimum atomic E-state index is 0.583. The smallest absolute Gasteiger partial charge is 0.0254 e. The predicted octanol–water partition coefficient (Wildman–Crippen LogP) is 7.50. The van der Waals surface area contributed by atoms with Gasteiger partial charge >= 0.3 is 0 Å². The van der Waals surface area contributed by atoms with Gasteiger partial charge in [0.2, 0.25) is 0 Å². The lowest BCUT2D eigenvalue weighted by Crippen LogP contribution is -2.51. The van der Waals surface area contributed by atoms with Gasteiger partial charge in [-0.05, 0) is 91.4 Å². The van der Waals surface area contributed by atoms with Crippen molar-refractivity contribution in [2.75, 3.05) is 0 Å². The molecule has 4 fully saturated rings. The molecule has 0 amide bonds. The summed E-state index contributed by atoms with van der Waals surface area (Å²) in [6.07, 6.45) is 17.4. The topological polar surface area (TPSA) is 0 Å². The van der Waals surface area contributed by atoms with Crippen LogP contribution >= 0.6 is 0 Å². The number of fused-ring (bicyclic) bond motifs is 5. The zero-order valence-corrected chi connectivity index (χ0v) is 16.8. The van der Waals surface area contributed by atoms with Crippen molar-refractivity contribution in [1.29, 1.82) is 0 Å². The van der Waals surface area contributed by atoms with E-state index in [1.54, 1.807) is 5.57 Å². The molecule has 0 nitrogen and oxygen atoms in total. The van der Waals surface area contributed by atoms with Gasteiger partial charge in [0.15, 0.2) is 0 Å². The van der Waals surface area contributed by atoms with E-state index < -0.39 is 0 Å². The second-order valence-corrected chi connectivity index (χ2v) is 10.7. The van der Waals surface area contributed by atoms with Crippen molar-refractivity contribution in [3.8, 4) is 0 Å². The van der Waals surface area contributed by atoms with Gasteiger partial charge in [-0.25, -0.2) is 0 Å². The maximum Gasteiger partial charge on any atom is -0.0254 e. The van der Waals surface area contributed by atoms with Crippen molar-refractivity contribution in [1.82, 2.24) is 0 Å². The first-order valence-electron chi connectivity index (χ1n) is 11.3. The Labute approximate surface area is 160 Å². The van der Waals surface area contributed by atoms with E-state index in [0.29, 0.717) is 10.8 Å². The van der Waals surface area contributed by atoms with Crippen LogP contribution in [0.2, 0.25) is 0 Å². The third-order valence-corrected chi connectivity index (χ3v) is 9.38. The highest BCUT2D eigenvalue weighted by atomic mass is 14.6. The van der Waals surface area contributed by atoms with Crippen LogP contribution in [0.1, 0.15) is 83.6 Å². The van der Waals surface area contributed by atoms with Crippen LogP contribution in [-0.2, 0) is 0 Å². The summed E-state index contributed by atoms with van der Waals surface area (Å²) in [7, 11) is 0. The molecule has 0 radical (unpaired) electrons. The van der Waals surface area contributed by atoms with Crippen molar-refractivity contribution >= 4 is 6.08 Å². The van der Waals surface area contributed by atoms with E-state index in [4.69, 9.17) is 0 Å². The van der Waals surface area contributed by atoms with Gasteiger partial charge in [-0.2, -0.15) is 0 Å². The lowest BCUT2D eigenvalue weighted by Gasteiger charge is -2.59. The maximum atomic E-state index is 2.70. The molecule has 0 N–H and O–H groups in total. The van der Waals surface area contributed by atoms with Crippen LogP contribution in [-0.4, -0.2) is 0 Å². The highest BCUT2D eigenvalue weighted by Crippen LogP contribution is 2.66. The first-order chi connectivity index (χ1) is 12.6.